The van der Waals surface area contributed by atoms with E-state index in [9.17, 15) is 38.4 Å². The van der Waals surface area contributed by atoms with Gasteiger partial charge in [-0.1, -0.05) is 40.5 Å². The normalized spacial score (nSPS) is 40.7. The Bertz CT molecular complexity index is 1920. The summed E-state index contributed by atoms with van der Waals surface area (Å²) in [5.74, 6) is 1.80. The van der Waals surface area contributed by atoms with Crippen molar-refractivity contribution < 1.29 is 71.6 Å². The number of esters is 2. The Morgan fingerprint density at radius 1 is 0.836 bits per heavy atom. The van der Waals surface area contributed by atoms with Gasteiger partial charge < -0.3 is 58.9 Å². The van der Waals surface area contributed by atoms with E-state index in [-0.39, 0.29) is 59.4 Å². The molecule has 5 N–H and O–H groups in total. The first kappa shape index (κ1) is 52.4. The number of hydrogen-bond acceptors (Lipinski definition) is 16. The van der Waals surface area contributed by atoms with Crippen LogP contribution in [0.25, 0.3) is 0 Å². The number of methoxy groups -OCH3 is 1. The highest BCUT2D eigenvalue weighted by Gasteiger charge is 2.64. The van der Waals surface area contributed by atoms with Crippen LogP contribution in [0.1, 0.15) is 116 Å². The van der Waals surface area contributed by atoms with Crippen molar-refractivity contribution in [2.45, 2.75) is 167 Å². The Kier molecular flexibility index (Phi) is 17.1. The Morgan fingerprint density at radius 3 is 2.21 bits per heavy atom. The molecule has 380 valence electrons. The van der Waals surface area contributed by atoms with Crippen molar-refractivity contribution in [2.24, 2.45) is 52.3 Å². The molecule has 4 saturated carbocycles. The van der Waals surface area contributed by atoms with Gasteiger partial charge in [0.25, 0.3) is 0 Å². The molecule has 16 nitrogen and oxygen atoms in total. The fourth-order valence-corrected chi connectivity index (χ4v) is 14.2. The number of benzene rings is 1. The number of ether oxygens (including phenoxy) is 7. The summed E-state index contributed by atoms with van der Waals surface area (Å²) in [6.07, 6.45) is 0.469. The summed E-state index contributed by atoms with van der Waals surface area (Å²) in [7, 11) is -1.53. The third-order valence-corrected chi connectivity index (χ3v) is 18.1. The molecular formula is C50H79NO15S. The number of nitrogens with one attached hydrogen (secondary N) is 1. The fourth-order valence-electron chi connectivity index (χ4n) is 13.7. The van der Waals surface area contributed by atoms with E-state index in [0.717, 1.165) is 77.2 Å². The van der Waals surface area contributed by atoms with Gasteiger partial charge in [0.2, 0.25) is 0 Å². The van der Waals surface area contributed by atoms with E-state index in [4.69, 9.17) is 33.2 Å². The van der Waals surface area contributed by atoms with Gasteiger partial charge in [-0.2, -0.15) is 0 Å². The lowest BCUT2D eigenvalue weighted by Gasteiger charge is -2.61. The molecule has 0 amide bonds. The second-order valence-electron chi connectivity index (χ2n) is 21.7. The lowest BCUT2D eigenvalue weighted by atomic mass is 9.44. The molecule has 0 radical (unpaired) electrons. The highest BCUT2D eigenvalue weighted by atomic mass is 32.2. The lowest BCUT2D eigenvalue weighted by Crippen LogP contribution is -2.62. The largest absolute Gasteiger partial charge is 0.497 e. The zero-order chi connectivity index (χ0) is 48.4. The van der Waals surface area contributed by atoms with Gasteiger partial charge in [-0.25, -0.2) is 13.2 Å². The average Bonchev–Trinajstić information content (AvgIpc) is 3.58. The average molecular weight is 966 g/mol. The Labute approximate surface area is 397 Å². The topological polar surface area (TPSA) is 226 Å². The Balaban J connectivity index is 1.11. The molecule has 19 atom stereocenters. The van der Waals surface area contributed by atoms with Crippen LogP contribution >= 0.6 is 0 Å². The van der Waals surface area contributed by atoms with E-state index in [2.05, 4.69) is 33.0 Å². The monoisotopic (exact) mass is 966 g/mol. The lowest BCUT2D eigenvalue weighted by molar-refractivity contribution is -0.340. The molecule has 7 rings (SSSR count). The highest BCUT2D eigenvalue weighted by molar-refractivity contribution is 7.90. The van der Waals surface area contributed by atoms with Crippen LogP contribution in [0.3, 0.4) is 0 Å². The molecule has 0 spiro atoms. The van der Waals surface area contributed by atoms with Crippen LogP contribution < -0.4 is 10.1 Å². The van der Waals surface area contributed by atoms with Crippen LogP contribution in [0.4, 0.5) is 0 Å². The van der Waals surface area contributed by atoms with Gasteiger partial charge in [0.15, 0.2) is 24.8 Å². The van der Waals surface area contributed by atoms with Gasteiger partial charge >= 0.3 is 11.9 Å². The van der Waals surface area contributed by atoms with Gasteiger partial charge in [0.1, 0.15) is 40.0 Å². The van der Waals surface area contributed by atoms with Crippen LogP contribution in [0, 0.1) is 52.3 Å². The fraction of sp³-hybridized carbons (Fsp3) is 0.840. The molecule has 17 heteroatoms. The summed E-state index contributed by atoms with van der Waals surface area (Å²) >= 11 is 0. The second-order valence-corrected chi connectivity index (χ2v) is 24.0. The van der Waals surface area contributed by atoms with Crippen LogP contribution in [0.5, 0.6) is 5.75 Å². The predicted molar refractivity (Wildman–Crippen MR) is 246 cm³/mol. The highest BCUT2D eigenvalue weighted by Crippen LogP contribution is 2.69. The van der Waals surface area contributed by atoms with Gasteiger partial charge in [-0.05, 0) is 141 Å². The molecule has 1 aromatic rings. The maximum atomic E-state index is 13.4. The first-order valence-corrected chi connectivity index (χ1v) is 27.0. The zero-order valence-corrected chi connectivity index (χ0v) is 41.4. The third kappa shape index (κ3) is 11.8. The van der Waals surface area contributed by atoms with E-state index >= 15 is 0 Å². The zero-order valence-electron chi connectivity index (χ0n) is 40.6. The summed E-state index contributed by atoms with van der Waals surface area (Å²) in [6.45, 7) is 11.3. The van der Waals surface area contributed by atoms with E-state index in [1.165, 1.54) is 32.4 Å². The summed E-state index contributed by atoms with van der Waals surface area (Å²) in [6, 6.07) is 6.16. The molecule has 4 unspecified atom stereocenters. The number of fused-ring (bicyclic) bond motifs is 5. The first-order chi connectivity index (χ1) is 31.7. The number of hydrogen-bond donors (Lipinski definition) is 5. The van der Waals surface area contributed by atoms with Crippen molar-refractivity contribution in [1.82, 2.24) is 5.32 Å². The van der Waals surface area contributed by atoms with Crippen molar-refractivity contribution in [3.63, 3.8) is 0 Å². The number of carbonyl (C=O) groups is 2. The molecule has 4 aliphatic carbocycles. The quantitative estimate of drug-likeness (QED) is 0.101. The first-order valence-electron chi connectivity index (χ1n) is 24.9. The van der Waals surface area contributed by atoms with E-state index in [1.54, 1.807) is 12.1 Å². The van der Waals surface area contributed by atoms with Crippen molar-refractivity contribution in [2.75, 3.05) is 45.4 Å². The molecular weight excluding hydrogens is 887 g/mol. The van der Waals surface area contributed by atoms with Crippen molar-refractivity contribution in [1.29, 1.82) is 0 Å². The minimum Gasteiger partial charge on any atom is -0.497 e. The van der Waals surface area contributed by atoms with Gasteiger partial charge in [-0.3, -0.25) is 4.79 Å². The van der Waals surface area contributed by atoms with E-state index in [0.29, 0.717) is 41.9 Å². The third-order valence-electron chi connectivity index (χ3n) is 17.1. The Morgan fingerprint density at radius 2 is 1.52 bits per heavy atom. The van der Waals surface area contributed by atoms with Crippen molar-refractivity contribution in [3.05, 3.63) is 29.8 Å². The summed E-state index contributed by atoms with van der Waals surface area (Å²) < 4.78 is 65.8. The Hall–Kier alpha value is -2.45. The number of rotatable bonds is 18. The van der Waals surface area contributed by atoms with Crippen molar-refractivity contribution in [3.8, 4) is 5.75 Å². The summed E-state index contributed by atoms with van der Waals surface area (Å²) in [5.41, 5.74) is 0.267. The predicted octanol–water partition coefficient (Wildman–Crippen LogP) is 4.42. The van der Waals surface area contributed by atoms with Gasteiger partial charge in [0.05, 0.1) is 43.8 Å². The van der Waals surface area contributed by atoms with Crippen LogP contribution in [0.15, 0.2) is 24.3 Å². The number of aliphatic hydroxyl groups is 4. The van der Waals surface area contributed by atoms with Gasteiger partial charge in [-0.15, -0.1) is 0 Å². The summed E-state index contributed by atoms with van der Waals surface area (Å²) in [5, 5.41) is 47.3. The standard InChI is InChI=1S/C50H79NO15S/c1-28(25-51-21-22-67(7,58)59)9-8-10-29(2)41-40(24-37-35-16-13-32-23-33(53)17-19-49(32,4)36(35)18-20-50(37,41)5)64-48-45(63-30(3)52)43(39(55)27-62-48)66-47-44(42(56)38(54)26-61-47)65-46(57)31-11-14-34(60-6)15-12-31/h11-12,14-15,28-29,32-33,35-45,47-48,51,53-56H,8-10,13,16-27H2,1-7H3/t28-,29-,32+,33+,35?,36?,37?,38-,39+,40+,41+,42?,43+,44-,45-,47+,48-,49+,50+/m1/s1. The molecule has 2 aliphatic heterocycles. The van der Waals surface area contributed by atoms with Crippen LogP contribution in [-0.2, 0) is 43.1 Å². The number of aliphatic hydroxyl groups excluding tert-OH is 4. The molecule has 6 fully saturated rings. The molecule has 1 aromatic carbocycles. The molecule has 0 bridgehead atoms. The minimum absolute atomic E-state index is 0.0592. The maximum Gasteiger partial charge on any atom is 0.338 e. The van der Waals surface area contributed by atoms with Crippen LogP contribution in [0.2, 0.25) is 0 Å². The molecule has 2 heterocycles. The molecule has 0 aromatic heterocycles. The smallest absolute Gasteiger partial charge is 0.338 e. The summed E-state index contributed by atoms with van der Waals surface area (Å²) in [4.78, 5) is 26.3. The molecule has 6 aliphatic rings. The molecule has 2 saturated heterocycles. The maximum absolute atomic E-state index is 13.4. The van der Waals surface area contributed by atoms with Crippen molar-refractivity contribution >= 4 is 21.8 Å². The number of sulfone groups is 1. The van der Waals surface area contributed by atoms with Crippen LogP contribution in [-0.4, -0.2) is 148 Å². The van der Waals surface area contributed by atoms with E-state index in [1.807, 2.05) is 0 Å². The SMILES string of the molecule is COc1ccc(C(=O)O[C@@H]2C(O)[C@H](O)CO[C@H]2O[C@@H]2[C@@H](OC(C)=O)[C@@H](O[C@H]3CC4C5CC[C@H]6C[C@@H](O)CC[C@]6(C)C5CC[C@]4(C)[C@H]3[C@H](C)CCC[C@@H](C)CNCCS(C)(=O)=O)OC[C@@H]2O)cc1. The molecule has 67 heavy (non-hydrogen) atoms. The number of carbonyl (C=O) groups excluding carboxylic acids is 2. The van der Waals surface area contributed by atoms with Gasteiger partial charge in [0, 0.05) is 19.7 Å². The second kappa shape index (κ2) is 21.9. The minimum atomic E-state index is -3.03. The van der Waals surface area contributed by atoms with E-state index < -0.39 is 71.0 Å².